The van der Waals surface area contributed by atoms with Gasteiger partial charge in [-0.15, -0.1) is 0 Å². The molecule has 0 radical (unpaired) electrons. The van der Waals surface area contributed by atoms with Crippen LogP contribution in [0.4, 0.5) is 11.8 Å². The van der Waals surface area contributed by atoms with Crippen LogP contribution in [-0.2, 0) is 0 Å². The first-order valence-corrected chi connectivity index (χ1v) is 11.1. The number of anilines is 2. The van der Waals surface area contributed by atoms with Gasteiger partial charge in [-0.3, -0.25) is 0 Å². The Hall–Kier alpha value is -3.19. The number of para-hydroxylation sites is 1. The normalized spacial score (nSPS) is 14.5. The zero-order valence-corrected chi connectivity index (χ0v) is 18.4. The van der Waals surface area contributed by atoms with Gasteiger partial charge in [0.05, 0.1) is 6.04 Å². The van der Waals surface area contributed by atoms with E-state index in [2.05, 4.69) is 39.6 Å². The predicted molar refractivity (Wildman–Crippen MR) is 129 cm³/mol. The fraction of sp³-hybridized carbons (Fsp3) is 0.292. The highest BCUT2D eigenvalue weighted by molar-refractivity contribution is 7.80. The number of nitrogens with one attached hydrogen (secondary N) is 2. The summed E-state index contributed by atoms with van der Waals surface area (Å²) in [5.74, 6) is 2.49. The lowest BCUT2D eigenvalue weighted by Crippen LogP contribution is -2.33. The van der Waals surface area contributed by atoms with Crippen LogP contribution in [-0.4, -0.2) is 28.2 Å². The molecule has 1 saturated heterocycles. The summed E-state index contributed by atoms with van der Waals surface area (Å²) in [7, 11) is 0. The van der Waals surface area contributed by atoms with Crippen LogP contribution in [0, 0.1) is 0 Å². The number of rotatable bonds is 6. The third-order valence-corrected chi connectivity index (χ3v) is 5.43. The Bertz CT molecular complexity index is 993. The zero-order valence-electron chi connectivity index (χ0n) is 17.6. The van der Waals surface area contributed by atoms with E-state index in [1.807, 2.05) is 54.6 Å². The number of hydrogen-bond acceptors (Lipinski definition) is 5. The van der Waals surface area contributed by atoms with Crippen molar-refractivity contribution in [2.75, 3.05) is 23.3 Å². The lowest BCUT2D eigenvalue weighted by atomic mass is 10.1. The van der Waals surface area contributed by atoms with Crippen LogP contribution >= 0.6 is 12.2 Å². The monoisotopic (exact) mass is 433 g/mol. The largest absolute Gasteiger partial charge is 0.439 e. The molecule has 2 heterocycles. The summed E-state index contributed by atoms with van der Waals surface area (Å²) in [4.78, 5) is 11.5. The van der Waals surface area contributed by atoms with Crippen LogP contribution < -0.4 is 20.3 Å². The smallest absolute Gasteiger partial charge is 0.234 e. The van der Waals surface area contributed by atoms with E-state index in [1.165, 1.54) is 6.42 Å². The fourth-order valence-electron chi connectivity index (χ4n) is 3.57. The lowest BCUT2D eigenvalue weighted by Gasteiger charge is -2.28. The topological polar surface area (TPSA) is 62.3 Å². The third kappa shape index (κ3) is 5.92. The molecule has 3 aromatic rings. The van der Waals surface area contributed by atoms with E-state index in [4.69, 9.17) is 21.9 Å². The van der Waals surface area contributed by atoms with Gasteiger partial charge >= 0.3 is 0 Å². The summed E-state index contributed by atoms with van der Waals surface area (Å²) in [6.07, 6.45) is 3.58. The number of hydrogen-bond donors (Lipinski definition) is 2. The van der Waals surface area contributed by atoms with E-state index in [0.717, 1.165) is 43.1 Å². The predicted octanol–water partition coefficient (Wildman–Crippen LogP) is 5.31. The van der Waals surface area contributed by atoms with Gasteiger partial charge in [0, 0.05) is 19.2 Å². The second-order valence-corrected chi connectivity index (χ2v) is 7.99. The Morgan fingerprint density at radius 1 is 0.968 bits per heavy atom. The van der Waals surface area contributed by atoms with Crippen molar-refractivity contribution in [3.63, 3.8) is 0 Å². The van der Waals surface area contributed by atoms with Crippen LogP contribution in [0.3, 0.4) is 0 Å². The average Bonchev–Trinajstić information content (AvgIpc) is 2.80. The van der Waals surface area contributed by atoms with Crippen LogP contribution in [0.1, 0.15) is 37.8 Å². The summed E-state index contributed by atoms with van der Waals surface area (Å²) in [6, 6.07) is 21.8. The second kappa shape index (κ2) is 10.2. The molecule has 1 unspecified atom stereocenters. The Balaban J connectivity index is 1.52. The van der Waals surface area contributed by atoms with Crippen LogP contribution in [0.5, 0.6) is 11.6 Å². The molecule has 2 N–H and O–H groups in total. The Morgan fingerprint density at radius 2 is 1.65 bits per heavy atom. The molecule has 31 heavy (non-hydrogen) atoms. The molecule has 0 spiro atoms. The summed E-state index contributed by atoms with van der Waals surface area (Å²) >= 11 is 5.53. The summed E-state index contributed by atoms with van der Waals surface area (Å²) in [5, 5.41) is 6.91. The first-order chi connectivity index (χ1) is 15.2. The lowest BCUT2D eigenvalue weighted by molar-refractivity contribution is 0.461. The highest BCUT2D eigenvalue weighted by Crippen LogP contribution is 2.26. The van der Waals surface area contributed by atoms with Crippen molar-refractivity contribution in [2.24, 2.45) is 0 Å². The van der Waals surface area contributed by atoms with E-state index in [1.54, 1.807) is 0 Å². The van der Waals surface area contributed by atoms with Crippen molar-refractivity contribution in [1.29, 1.82) is 0 Å². The maximum Gasteiger partial charge on any atom is 0.234 e. The summed E-state index contributed by atoms with van der Waals surface area (Å²) < 4.78 is 6.00. The highest BCUT2D eigenvalue weighted by atomic mass is 32.1. The molecule has 0 bridgehead atoms. The van der Waals surface area contributed by atoms with Gasteiger partial charge in [-0.1, -0.05) is 48.5 Å². The molecule has 1 aromatic heterocycles. The number of ether oxygens (including phenoxy) is 1. The molecule has 160 valence electrons. The number of thiocarbonyl (C=S) groups is 1. The van der Waals surface area contributed by atoms with Gasteiger partial charge in [-0.25, -0.2) is 0 Å². The molecule has 7 heteroatoms. The van der Waals surface area contributed by atoms with Crippen LogP contribution in [0.25, 0.3) is 0 Å². The standard InChI is InChI=1S/C24H27N5OS/c1-18(19-11-5-2-6-12-19)25-24(31)28-23-26-21(29-15-9-4-10-16-29)17-22(27-23)30-20-13-7-3-8-14-20/h2-3,5-8,11-14,17-18H,4,9-10,15-16H2,1H3,(H2,25,26,27,28,31). The number of benzene rings is 2. The van der Waals surface area contributed by atoms with E-state index in [0.29, 0.717) is 16.9 Å². The Labute approximate surface area is 188 Å². The highest BCUT2D eigenvalue weighted by Gasteiger charge is 2.16. The van der Waals surface area contributed by atoms with E-state index in [-0.39, 0.29) is 6.04 Å². The summed E-state index contributed by atoms with van der Waals surface area (Å²) in [5.41, 5.74) is 1.16. The molecule has 1 aliphatic heterocycles. The molecule has 1 fully saturated rings. The van der Waals surface area contributed by atoms with Gasteiger partial charge in [0.1, 0.15) is 11.6 Å². The van der Waals surface area contributed by atoms with Crippen molar-refractivity contribution in [3.05, 3.63) is 72.3 Å². The molecule has 1 aliphatic rings. The number of nitrogens with zero attached hydrogens (tertiary/aromatic N) is 3. The van der Waals surface area contributed by atoms with E-state index in [9.17, 15) is 0 Å². The van der Waals surface area contributed by atoms with E-state index < -0.39 is 0 Å². The maximum absolute atomic E-state index is 6.00. The van der Waals surface area contributed by atoms with Gasteiger partial charge in [-0.05, 0) is 56.1 Å². The minimum Gasteiger partial charge on any atom is -0.439 e. The van der Waals surface area contributed by atoms with Gasteiger partial charge in [0.15, 0.2) is 5.11 Å². The Morgan fingerprint density at radius 3 is 2.35 bits per heavy atom. The first-order valence-electron chi connectivity index (χ1n) is 10.7. The molecular weight excluding hydrogens is 406 g/mol. The van der Waals surface area contributed by atoms with Gasteiger partial charge in [-0.2, -0.15) is 9.97 Å². The van der Waals surface area contributed by atoms with Gasteiger partial charge < -0.3 is 20.3 Å². The van der Waals surface area contributed by atoms with Crippen molar-refractivity contribution in [3.8, 4) is 11.6 Å². The van der Waals surface area contributed by atoms with Crippen molar-refractivity contribution < 1.29 is 4.74 Å². The van der Waals surface area contributed by atoms with Gasteiger partial charge in [0.25, 0.3) is 0 Å². The number of piperidine rings is 1. The molecule has 0 amide bonds. The van der Waals surface area contributed by atoms with Gasteiger partial charge in [0.2, 0.25) is 11.8 Å². The third-order valence-electron chi connectivity index (χ3n) is 5.21. The average molecular weight is 434 g/mol. The molecular formula is C24H27N5OS. The van der Waals surface area contributed by atoms with Crippen molar-refractivity contribution >= 4 is 29.1 Å². The second-order valence-electron chi connectivity index (χ2n) is 7.58. The SMILES string of the molecule is CC(NC(=S)Nc1nc(Oc2ccccc2)cc(N2CCCCC2)n1)c1ccccc1. The summed E-state index contributed by atoms with van der Waals surface area (Å²) in [6.45, 7) is 4.03. The number of aromatic nitrogens is 2. The van der Waals surface area contributed by atoms with Crippen molar-refractivity contribution in [2.45, 2.75) is 32.2 Å². The van der Waals surface area contributed by atoms with Crippen LogP contribution in [0.2, 0.25) is 0 Å². The maximum atomic E-state index is 6.00. The van der Waals surface area contributed by atoms with Crippen molar-refractivity contribution in [1.82, 2.24) is 15.3 Å². The molecule has 4 rings (SSSR count). The minimum atomic E-state index is 0.0616. The minimum absolute atomic E-state index is 0.0616. The fourth-order valence-corrected chi connectivity index (χ4v) is 3.84. The molecule has 6 nitrogen and oxygen atoms in total. The van der Waals surface area contributed by atoms with Crippen LogP contribution in [0.15, 0.2) is 66.7 Å². The first kappa shape index (κ1) is 21.1. The molecule has 1 atom stereocenters. The quantitative estimate of drug-likeness (QED) is 0.511. The Kier molecular flexibility index (Phi) is 6.94. The molecule has 2 aromatic carbocycles. The molecule has 0 saturated carbocycles. The van der Waals surface area contributed by atoms with E-state index >= 15 is 0 Å². The molecule has 0 aliphatic carbocycles. The zero-order chi connectivity index (χ0) is 21.5.